The maximum Gasteiger partial charge on any atom is 0.330 e. The summed E-state index contributed by atoms with van der Waals surface area (Å²) in [5, 5.41) is 3.32. The van der Waals surface area contributed by atoms with Gasteiger partial charge in [0.15, 0.2) is 5.82 Å². The molecule has 1 aromatic heterocycles. The highest BCUT2D eigenvalue weighted by Crippen LogP contribution is 2.25. The molecule has 0 bridgehead atoms. The molecule has 0 aliphatic carbocycles. The van der Waals surface area contributed by atoms with Crippen LogP contribution in [0.15, 0.2) is 6.20 Å². The van der Waals surface area contributed by atoms with Crippen molar-refractivity contribution in [2.75, 3.05) is 26.2 Å². The molecule has 4 heterocycles. The fourth-order valence-corrected chi connectivity index (χ4v) is 4.33. The van der Waals surface area contributed by atoms with Crippen LogP contribution >= 0.6 is 24.8 Å². The molecule has 2 fully saturated rings. The van der Waals surface area contributed by atoms with E-state index in [1.54, 1.807) is 22.6 Å². The van der Waals surface area contributed by atoms with E-state index in [2.05, 4.69) is 10.3 Å². The highest BCUT2D eigenvalue weighted by molar-refractivity contribution is 5.85. The summed E-state index contributed by atoms with van der Waals surface area (Å²) in [5.41, 5.74) is 0.851. The first kappa shape index (κ1) is 24.4. The zero-order valence-corrected chi connectivity index (χ0v) is 18.7. The Balaban J connectivity index is 0.00000160. The first-order valence-electron chi connectivity index (χ1n) is 10.0. The number of nitrogens with zero attached hydrogens (tertiary/aromatic N) is 4. The zero-order valence-electron chi connectivity index (χ0n) is 17.0. The van der Waals surface area contributed by atoms with Gasteiger partial charge in [-0.15, -0.1) is 24.8 Å². The Labute approximate surface area is 188 Å². The molecule has 9 nitrogen and oxygen atoms in total. The second kappa shape index (κ2) is 10.5. The number of imidazole rings is 1. The van der Waals surface area contributed by atoms with Gasteiger partial charge in [-0.1, -0.05) is 0 Å². The average molecular weight is 462 g/mol. The standard InChI is InChI=1S/C19H27N5O4.2ClH/c1-13(25)22-8-4-14(5-9-22)18(26)28-12-17-21-10-16-11-23(19(27)24(16)17)15-2-6-20-7-3-15;;/h10,14-15,20H,2-9,11-12H2,1H3;2*1H. The minimum atomic E-state index is -0.277. The molecular weight excluding hydrogens is 433 g/mol. The van der Waals surface area contributed by atoms with Crippen molar-refractivity contribution < 1.29 is 19.1 Å². The summed E-state index contributed by atoms with van der Waals surface area (Å²) < 4.78 is 7.06. The number of amides is 2. The van der Waals surface area contributed by atoms with Crippen molar-refractivity contribution in [2.45, 2.75) is 51.8 Å². The zero-order chi connectivity index (χ0) is 19.7. The summed E-state index contributed by atoms with van der Waals surface area (Å²) in [6.45, 7) is 5.12. The quantitative estimate of drug-likeness (QED) is 0.683. The molecule has 11 heteroatoms. The number of nitrogens with one attached hydrogen (secondary N) is 1. The maximum absolute atomic E-state index is 12.9. The second-order valence-electron chi connectivity index (χ2n) is 7.78. The van der Waals surface area contributed by atoms with Crippen LogP contribution in [0.5, 0.6) is 0 Å². The maximum atomic E-state index is 12.9. The first-order chi connectivity index (χ1) is 13.5. The molecular formula is C19H29Cl2N5O4. The molecule has 1 N–H and O–H groups in total. The van der Waals surface area contributed by atoms with Crippen LogP contribution in [-0.2, 0) is 27.5 Å². The monoisotopic (exact) mass is 461 g/mol. The van der Waals surface area contributed by atoms with Crippen LogP contribution in [0.1, 0.15) is 44.1 Å². The van der Waals surface area contributed by atoms with Gasteiger partial charge in [0.05, 0.1) is 24.4 Å². The van der Waals surface area contributed by atoms with Crippen molar-refractivity contribution in [1.82, 2.24) is 24.7 Å². The van der Waals surface area contributed by atoms with E-state index in [1.807, 2.05) is 4.90 Å². The lowest BCUT2D eigenvalue weighted by Crippen LogP contribution is -2.44. The highest BCUT2D eigenvalue weighted by atomic mass is 35.5. The summed E-state index contributed by atoms with van der Waals surface area (Å²) in [5.74, 6) is 0.0364. The number of ether oxygens (including phenoxy) is 1. The van der Waals surface area contributed by atoms with Crippen LogP contribution in [0.4, 0.5) is 4.79 Å². The number of hydrogen-bond donors (Lipinski definition) is 1. The van der Waals surface area contributed by atoms with Crippen molar-refractivity contribution in [1.29, 1.82) is 0 Å². The Morgan fingerprint density at radius 2 is 1.83 bits per heavy atom. The van der Waals surface area contributed by atoms with Crippen LogP contribution in [0.2, 0.25) is 0 Å². The van der Waals surface area contributed by atoms with E-state index in [0.717, 1.165) is 31.6 Å². The SMILES string of the molecule is CC(=O)N1CCC(C(=O)OCc2ncc3n2C(=O)N(C2CCNCC2)C3)CC1.Cl.Cl. The smallest absolute Gasteiger partial charge is 0.330 e. The van der Waals surface area contributed by atoms with E-state index in [1.165, 1.54) is 0 Å². The Bertz CT molecular complexity index is 773. The van der Waals surface area contributed by atoms with Gasteiger partial charge >= 0.3 is 12.0 Å². The largest absolute Gasteiger partial charge is 0.457 e. The van der Waals surface area contributed by atoms with Gasteiger partial charge < -0.3 is 19.9 Å². The van der Waals surface area contributed by atoms with Gasteiger partial charge in [0.1, 0.15) is 6.61 Å². The Hall–Kier alpha value is -1.84. The molecule has 2 saturated heterocycles. The highest BCUT2D eigenvalue weighted by Gasteiger charge is 2.36. The van der Waals surface area contributed by atoms with Crippen LogP contribution in [0, 0.1) is 5.92 Å². The lowest BCUT2D eigenvalue weighted by atomic mass is 9.97. The Kier molecular flexibility index (Phi) is 8.52. The van der Waals surface area contributed by atoms with Crippen molar-refractivity contribution in [2.24, 2.45) is 5.92 Å². The molecule has 3 aliphatic heterocycles. The van der Waals surface area contributed by atoms with Gasteiger partial charge in [-0.25, -0.2) is 14.3 Å². The Morgan fingerprint density at radius 1 is 1.17 bits per heavy atom. The van der Waals surface area contributed by atoms with Gasteiger partial charge in [-0.3, -0.25) is 9.59 Å². The summed E-state index contributed by atoms with van der Waals surface area (Å²) >= 11 is 0. The molecule has 30 heavy (non-hydrogen) atoms. The van der Waals surface area contributed by atoms with Crippen molar-refractivity contribution >= 4 is 42.7 Å². The van der Waals surface area contributed by atoms with Gasteiger partial charge in [0.25, 0.3) is 0 Å². The van der Waals surface area contributed by atoms with Crippen molar-refractivity contribution in [3.8, 4) is 0 Å². The molecule has 2 amide bonds. The lowest BCUT2D eigenvalue weighted by molar-refractivity contribution is -0.153. The third-order valence-electron chi connectivity index (χ3n) is 6.04. The van der Waals surface area contributed by atoms with E-state index < -0.39 is 0 Å². The number of hydrogen-bond acceptors (Lipinski definition) is 6. The number of esters is 1. The molecule has 0 radical (unpaired) electrons. The molecule has 0 spiro atoms. The summed E-state index contributed by atoms with van der Waals surface area (Å²) in [7, 11) is 0. The van der Waals surface area contributed by atoms with E-state index in [-0.39, 0.29) is 61.3 Å². The Morgan fingerprint density at radius 3 is 2.47 bits per heavy atom. The molecule has 0 saturated carbocycles. The summed E-state index contributed by atoms with van der Waals surface area (Å²) in [6, 6.07) is 0.177. The predicted molar refractivity (Wildman–Crippen MR) is 114 cm³/mol. The molecule has 0 atom stereocenters. The lowest BCUT2D eigenvalue weighted by Gasteiger charge is -2.31. The number of carbonyl (C=O) groups excluding carboxylic acids is 3. The number of piperidine rings is 2. The molecule has 0 aromatic carbocycles. The molecule has 168 valence electrons. The van der Waals surface area contributed by atoms with Gasteiger partial charge in [-0.05, 0) is 38.8 Å². The van der Waals surface area contributed by atoms with Crippen LogP contribution in [-0.4, -0.2) is 69.5 Å². The molecule has 1 aromatic rings. The van der Waals surface area contributed by atoms with Crippen LogP contribution in [0.3, 0.4) is 0 Å². The normalized spacial score (nSPS) is 19.7. The summed E-state index contributed by atoms with van der Waals surface area (Å²) in [4.78, 5) is 44.6. The predicted octanol–water partition coefficient (Wildman–Crippen LogP) is 1.56. The average Bonchev–Trinajstić information content (AvgIpc) is 3.27. The van der Waals surface area contributed by atoms with E-state index >= 15 is 0 Å². The molecule has 0 unspecified atom stereocenters. The number of aromatic nitrogens is 2. The number of carbonyl (C=O) groups is 3. The number of halogens is 2. The fraction of sp³-hybridized carbons (Fsp3) is 0.684. The van der Waals surface area contributed by atoms with E-state index in [4.69, 9.17) is 4.74 Å². The number of likely N-dealkylation sites (tertiary alicyclic amines) is 1. The van der Waals surface area contributed by atoms with Gasteiger partial charge in [0, 0.05) is 26.1 Å². The number of rotatable bonds is 4. The van der Waals surface area contributed by atoms with E-state index in [0.29, 0.717) is 38.3 Å². The molecule has 3 aliphatic rings. The van der Waals surface area contributed by atoms with Crippen LogP contribution in [0.25, 0.3) is 0 Å². The topological polar surface area (TPSA) is 96.8 Å². The number of fused-ring (bicyclic) bond motifs is 1. The van der Waals surface area contributed by atoms with Gasteiger partial charge in [0.2, 0.25) is 5.91 Å². The van der Waals surface area contributed by atoms with E-state index in [9.17, 15) is 14.4 Å². The fourth-order valence-electron chi connectivity index (χ4n) is 4.33. The van der Waals surface area contributed by atoms with Gasteiger partial charge in [-0.2, -0.15) is 0 Å². The minimum Gasteiger partial charge on any atom is -0.457 e. The van der Waals surface area contributed by atoms with Crippen LogP contribution < -0.4 is 5.32 Å². The summed E-state index contributed by atoms with van der Waals surface area (Å²) in [6.07, 6.45) is 4.83. The molecule has 4 rings (SSSR count). The first-order valence-corrected chi connectivity index (χ1v) is 10.0. The minimum absolute atomic E-state index is 0. The van der Waals surface area contributed by atoms with Crippen molar-refractivity contribution in [3.05, 3.63) is 17.7 Å². The third kappa shape index (κ3) is 4.90. The third-order valence-corrected chi connectivity index (χ3v) is 6.04. The second-order valence-corrected chi connectivity index (χ2v) is 7.78. The van der Waals surface area contributed by atoms with Crippen molar-refractivity contribution in [3.63, 3.8) is 0 Å².